The van der Waals surface area contributed by atoms with Gasteiger partial charge in [0, 0.05) is 24.1 Å². The quantitative estimate of drug-likeness (QED) is 0.659. The maximum Gasteiger partial charge on any atom is 0.228 e. The number of carbonyl (C=O) groups is 2. The first-order valence-electron chi connectivity index (χ1n) is 11.4. The summed E-state index contributed by atoms with van der Waals surface area (Å²) >= 11 is 0. The third kappa shape index (κ3) is 5.09. The summed E-state index contributed by atoms with van der Waals surface area (Å²) in [6, 6.07) is 14.5. The van der Waals surface area contributed by atoms with Crippen LogP contribution in [0.2, 0.25) is 0 Å². The molecule has 0 saturated heterocycles. The monoisotopic (exact) mass is 420 g/mol. The van der Waals surface area contributed by atoms with Crippen LogP contribution in [0.1, 0.15) is 61.6 Å². The highest BCUT2D eigenvalue weighted by atomic mass is 16.5. The lowest BCUT2D eigenvalue weighted by Gasteiger charge is -2.38. The Morgan fingerprint density at radius 1 is 1.10 bits per heavy atom. The number of anilines is 1. The van der Waals surface area contributed by atoms with E-state index in [4.69, 9.17) is 4.74 Å². The van der Waals surface area contributed by atoms with Gasteiger partial charge in [0.15, 0.2) is 0 Å². The van der Waals surface area contributed by atoms with E-state index in [-0.39, 0.29) is 17.2 Å². The molecule has 1 heterocycles. The van der Waals surface area contributed by atoms with Crippen LogP contribution in [0.25, 0.3) is 0 Å². The van der Waals surface area contributed by atoms with Gasteiger partial charge in [-0.05, 0) is 60.6 Å². The Morgan fingerprint density at radius 3 is 2.61 bits per heavy atom. The van der Waals surface area contributed by atoms with E-state index in [0.717, 1.165) is 42.7 Å². The molecule has 2 amide bonds. The molecule has 0 aromatic heterocycles. The average Bonchev–Trinajstić information content (AvgIpc) is 3.18. The van der Waals surface area contributed by atoms with Crippen molar-refractivity contribution in [3.8, 4) is 5.75 Å². The molecule has 0 radical (unpaired) electrons. The number of fused-ring (bicyclic) bond motifs is 1. The first-order chi connectivity index (χ1) is 15.1. The number of benzene rings is 2. The van der Waals surface area contributed by atoms with Crippen molar-refractivity contribution in [2.75, 3.05) is 19.0 Å². The van der Waals surface area contributed by atoms with E-state index >= 15 is 0 Å². The van der Waals surface area contributed by atoms with E-state index in [1.165, 1.54) is 30.4 Å². The van der Waals surface area contributed by atoms with E-state index < -0.39 is 0 Å². The number of ether oxygens (including phenoxy) is 1. The van der Waals surface area contributed by atoms with Gasteiger partial charge < -0.3 is 15.4 Å². The molecule has 5 nitrogen and oxygen atoms in total. The number of rotatable bonds is 8. The van der Waals surface area contributed by atoms with Crippen LogP contribution in [0.4, 0.5) is 5.69 Å². The summed E-state index contributed by atoms with van der Waals surface area (Å²) in [5.74, 6) is 1.04. The first-order valence-corrected chi connectivity index (χ1v) is 11.4. The molecule has 2 aromatic rings. The second kappa shape index (κ2) is 9.54. The molecule has 1 fully saturated rings. The second-order valence-electron chi connectivity index (χ2n) is 8.92. The van der Waals surface area contributed by atoms with E-state index in [9.17, 15) is 9.59 Å². The average molecular weight is 421 g/mol. The summed E-state index contributed by atoms with van der Waals surface area (Å²) < 4.78 is 5.31. The van der Waals surface area contributed by atoms with Gasteiger partial charge in [-0.25, -0.2) is 0 Å². The van der Waals surface area contributed by atoms with Crippen LogP contribution in [0, 0.1) is 0 Å². The van der Waals surface area contributed by atoms with Gasteiger partial charge in [-0.1, -0.05) is 43.5 Å². The van der Waals surface area contributed by atoms with Gasteiger partial charge in [0.05, 0.1) is 13.5 Å². The molecule has 0 bridgehead atoms. The van der Waals surface area contributed by atoms with Gasteiger partial charge in [-0.15, -0.1) is 0 Å². The Hall–Kier alpha value is -2.82. The van der Waals surface area contributed by atoms with Gasteiger partial charge in [0.25, 0.3) is 0 Å². The predicted octanol–water partition coefficient (Wildman–Crippen LogP) is 4.53. The van der Waals surface area contributed by atoms with Crippen LogP contribution in [-0.4, -0.2) is 25.5 Å². The molecule has 1 aliphatic carbocycles. The van der Waals surface area contributed by atoms with E-state index in [1.54, 1.807) is 7.11 Å². The van der Waals surface area contributed by atoms with Crippen LogP contribution in [0.5, 0.6) is 5.75 Å². The molecule has 0 unspecified atom stereocenters. The third-order valence-corrected chi connectivity index (χ3v) is 6.80. The number of amides is 2. The molecule has 2 aliphatic rings. The van der Waals surface area contributed by atoms with E-state index in [0.29, 0.717) is 19.4 Å². The summed E-state index contributed by atoms with van der Waals surface area (Å²) in [6.07, 6.45) is 8.54. The van der Waals surface area contributed by atoms with Crippen LogP contribution >= 0.6 is 0 Å². The predicted molar refractivity (Wildman–Crippen MR) is 122 cm³/mol. The molecule has 2 aromatic carbocycles. The fraction of sp³-hybridized carbons (Fsp3) is 0.462. The fourth-order valence-corrected chi connectivity index (χ4v) is 4.99. The number of nitrogens with one attached hydrogen (secondary N) is 2. The summed E-state index contributed by atoms with van der Waals surface area (Å²) in [7, 11) is 1.69. The molecule has 4 rings (SSSR count). The van der Waals surface area contributed by atoms with Crippen LogP contribution in [0.15, 0.2) is 42.5 Å². The molecule has 0 atom stereocenters. The van der Waals surface area contributed by atoms with Crippen molar-refractivity contribution in [1.29, 1.82) is 0 Å². The fourth-order valence-electron chi connectivity index (χ4n) is 4.99. The van der Waals surface area contributed by atoms with Gasteiger partial charge in [0.1, 0.15) is 5.75 Å². The normalized spacial score (nSPS) is 17.0. The molecular weight excluding hydrogens is 388 g/mol. The molecule has 1 saturated carbocycles. The minimum Gasteiger partial charge on any atom is -0.497 e. The second-order valence-corrected chi connectivity index (χ2v) is 8.92. The SMILES string of the molecule is COc1ccc(C2(CNC(=O)CCCc3ccc4c(c3)CC(=O)N4)CCCCC2)cc1. The highest BCUT2D eigenvalue weighted by Crippen LogP contribution is 2.39. The van der Waals surface area contributed by atoms with Crippen LogP contribution in [-0.2, 0) is 27.8 Å². The van der Waals surface area contributed by atoms with Gasteiger partial charge in [-0.3, -0.25) is 9.59 Å². The molecule has 164 valence electrons. The van der Waals surface area contributed by atoms with Crippen molar-refractivity contribution in [2.45, 2.75) is 63.2 Å². The minimum atomic E-state index is 0.0275. The van der Waals surface area contributed by atoms with E-state index in [1.807, 2.05) is 24.3 Å². The Labute approximate surface area is 184 Å². The highest BCUT2D eigenvalue weighted by Gasteiger charge is 2.34. The summed E-state index contributed by atoms with van der Waals surface area (Å²) in [6.45, 7) is 0.699. The lowest BCUT2D eigenvalue weighted by Crippen LogP contribution is -2.42. The lowest BCUT2D eigenvalue weighted by atomic mass is 9.69. The van der Waals surface area contributed by atoms with Crippen LogP contribution < -0.4 is 15.4 Å². The molecular formula is C26H32N2O3. The molecule has 31 heavy (non-hydrogen) atoms. The Morgan fingerprint density at radius 2 is 1.87 bits per heavy atom. The van der Waals surface area contributed by atoms with Gasteiger partial charge >= 0.3 is 0 Å². The number of carbonyl (C=O) groups excluding carboxylic acids is 2. The van der Waals surface area contributed by atoms with Gasteiger partial charge in [-0.2, -0.15) is 0 Å². The zero-order chi connectivity index (χ0) is 21.7. The van der Waals surface area contributed by atoms with Crippen molar-refractivity contribution in [2.24, 2.45) is 0 Å². The number of hydrogen-bond donors (Lipinski definition) is 2. The topological polar surface area (TPSA) is 67.4 Å². The van der Waals surface area contributed by atoms with Crippen molar-refractivity contribution < 1.29 is 14.3 Å². The Balaban J connectivity index is 1.30. The van der Waals surface area contributed by atoms with Crippen molar-refractivity contribution in [3.05, 3.63) is 59.2 Å². The minimum absolute atomic E-state index is 0.0275. The smallest absolute Gasteiger partial charge is 0.228 e. The van der Waals surface area contributed by atoms with Crippen LogP contribution in [0.3, 0.4) is 0 Å². The molecule has 5 heteroatoms. The number of aryl methyl sites for hydroxylation is 1. The summed E-state index contributed by atoms with van der Waals surface area (Å²) in [4.78, 5) is 24.1. The molecule has 1 aliphatic heterocycles. The van der Waals surface area contributed by atoms with Gasteiger partial charge in [0.2, 0.25) is 11.8 Å². The summed E-state index contributed by atoms with van der Waals surface area (Å²) in [5, 5.41) is 6.09. The molecule has 2 N–H and O–H groups in total. The third-order valence-electron chi connectivity index (χ3n) is 6.80. The van der Waals surface area contributed by atoms with E-state index in [2.05, 4.69) is 28.8 Å². The number of hydrogen-bond acceptors (Lipinski definition) is 3. The Bertz CT molecular complexity index is 930. The number of methoxy groups -OCH3 is 1. The first kappa shape index (κ1) is 21.4. The zero-order valence-electron chi connectivity index (χ0n) is 18.3. The maximum atomic E-state index is 12.6. The molecule has 0 spiro atoms. The summed E-state index contributed by atoms with van der Waals surface area (Å²) in [5.41, 5.74) is 4.49. The highest BCUT2D eigenvalue weighted by molar-refractivity contribution is 5.99. The maximum absolute atomic E-state index is 12.6. The zero-order valence-corrected chi connectivity index (χ0v) is 18.3. The largest absolute Gasteiger partial charge is 0.497 e. The van der Waals surface area contributed by atoms with Crippen molar-refractivity contribution in [1.82, 2.24) is 5.32 Å². The Kier molecular flexibility index (Phi) is 6.59. The van der Waals surface area contributed by atoms with Crippen molar-refractivity contribution in [3.63, 3.8) is 0 Å². The lowest BCUT2D eigenvalue weighted by molar-refractivity contribution is -0.121. The standard InChI is InChI=1S/C26H32N2O3/c1-31-22-11-9-21(10-12-22)26(14-3-2-4-15-26)18-27-24(29)7-5-6-19-8-13-23-20(16-19)17-25(30)28-23/h8-13,16H,2-7,14-15,17-18H2,1H3,(H,27,29)(H,28,30). The van der Waals surface area contributed by atoms with Crippen molar-refractivity contribution >= 4 is 17.5 Å².